The molecule has 1 heterocycles. The summed E-state index contributed by atoms with van der Waals surface area (Å²) < 4.78 is 5.31. The molecule has 0 aromatic heterocycles. The Bertz CT molecular complexity index is 1170. The van der Waals surface area contributed by atoms with Crippen molar-refractivity contribution in [3.05, 3.63) is 102 Å². The maximum absolute atomic E-state index is 14.0. The van der Waals surface area contributed by atoms with Crippen LogP contribution in [-0.2, 0) is 10.2 Å². The fraction of sp³-hybridized carbons (Fsp3) is 0.457. The molecule has 0 spiro atoms. The van der Waals surface area contributed by atoms with Gasteiger partial charge in [-0.1, -0.05) is 86.6 Å². The zero-order valence-electron chi connectivity index (χ0n) is 24.0. The maximum Gasteiger partial charge on any atom is 0.226 e. The van der Waals surface area contributed by atoms with Gasteiger partial charge in [-0.05, 0) is 73.3 Å². The number of carbonyl (C=O) groups is 1. The molecule has 4 heteroatoms. The van der Waals surface area contributed by atoms with Gasteiger partial charge in [0.1, 0.15) is 5.75 Å². The fourth-order valence-electron chi connectivity index (χ4n) is 7.17. The van der Waals surface area contributed by atoms with E-state index in [1.165, 1.54) is 16.7 Å². The van der Waals surface area contributed by atoms with E-state index < -0.39 is 0 Å². The Kier molecular flexibility index (Phi) is 8.13. The average molecular weight is 525 g/mol. The Balaban J connectivity index is 1.23. The van der Waals surface area contributed by atoms with Gasteiger partial charge >= 0.3 is 0 Å². The van der Waals surface area contributed by atoms with Crippen molar-refractivity contribution in [3.8, 4) is 5.75 Å². The zero-order valence-corrected chi connectivity index (χ0v) is 24.0. The number of amides is 1. The van der Waals surface area contributed by atoms with Gasteiger partial charge in [0, 0.05) is 36.5 Å². The molecule has 3 aromatic rings. The van der Waals surface area contributed by atoms with Gasteiger partial charge in [-0.2, -0.15) is 0 Å². The monoisotopic (exact) mass is 524 g/mol. The lowest BCUT2D eigenvalue weighted by Gasteiger charge is -2.47. The average Bonchev–Trinajstić information content (AvgIpc) is 2.97. The molecule has 2 fully saturated rings. The number of piperidine rings is 1. The normalized spacial score (nSPS) is 23.1. The molecular formula is C35H44N2O2. The highest BCUT2D eigenvalue weighted by Crippen LogP contribution is 2.45. The summed E-state index contributed by atoms with van der Waals surface area (Å²) in [6.45, 7) is 8.44. The van der Waals surface area contributed by atoms with E-state index in [2.05, 4.69) is 104 Å². The van der Waals surface area contributed by atoms with E-state index in [0.29, 0.717) is 11.9 Å². The SMILES string of the molecule is COc1ccc([C@@H](C)N[C@@H]2CC[C@@H](C(=O)N3CCC(c4ccccc4)(c4ccccc4)CC3)C(C)(C)C2)cc1. The van der Waals surface area contributed by atoms with Crippen molar-refractivity contribution in [2.45, 2.75) is 70.4 Å². The van der Waals surface area contributed by atoms with E-state index in [-0.39, 0.29) is 22.8 Å². The predicted molar refractivity (Wildman–Crippen MR) is 159 cm³/mol. The molecule has 39 heavy (non-hydrogen) atoms. The molecule has 4 nitrogen and oxygen atoms in total. The number of nitrogens with zero attached hydrogens (tertiary/aromatic N) is 1. The highest BCUT2D eigenvalue weighted by molar-refractivity contribution is 5.80. The quantitative estimate of drug-likeness (QED) is 0.357. The van der Waals surface area contributed by atoms with Crippen LogP contribution in [0.3, 0.4) is 0 Å². The molecule has 1 aliphatic heterocycles. The number of nitrogens with one attached hydrogen (secondary N) is 1. The van der Waals surface area contributed by atoms with E-state index in [1.54, 1.807) is 7.11 Å². The van der Waals surface area contributed by atoms with Crippen LogP contribution in [-0.4, -0.2) is 37.0 Å². The molecule has 1 saturated heterocycles. The van der Waals surface area contributed by atoms with Gasteiger partial charge in [-0.25, -0.2) is 0 Å². The topological polar surface area (TPSA) is 41.6 Å². The van der Waals surface area contributed by atoms with E-state index in [0.717, 1.165) is 50.9 Å². The van der Waals surface area contributed by atoms with Crippen molar-refractivity contribution in [1.82, 2.24) is 10.2 Å². The number of likely N-dealkylation sites (tertiary alicyclic amines) is 1. The molecule has 1 N–H and O–H groups in total. The fourth-order valence-corrected chi connectivity index (χ4v) is 7.17. The Morgan fingerprint density at radius 2 is 1.44 bits per heavy atom. The minimum atomic E-state index is -0.0416. The number of hydrogen-bond acceptors (Lipinski definition) is 3. The highest BCUT2D eigenvalue weighted by Gasteiger charge is 2.45. The summed E-state index contributed by atoms with van der Waals surface area (Å²) in [4.78, 5) is 16.1. The van der Waals surface area contributed by atoms with Crippen LogP contribution in [0.2, 0.25) is 0 Å². The largest absolute Gasteiger partial charge is 0.497 e. The van der Waals surface area contributed by atoms with Crippen molar-refractivity contribution in [1.29, 1.82) is 0 Å². The zero-order chi connectivity index (χ0) is 27.5. The van der Waals surface area contributed by atoms with Gasteiger partial charge in [0.15, 0.2) is 0 Å². The second kappa shape index (κ2) is 11.6. The van der Waals surface area contributed by atoms with Gasteiger partial charge in [0.05, 0.1) is 7.11 Å². The van der Waals surface area contributed by atoms with Gasteiger partial charge in [0.2, 0.25) is 5.91 Å². The molecule has 1 amide bonds. The lowest BCUT2D eigenvalue weighted by molar-refractivity contribution is -0.143. The van der Waals surface area contributed by atoms with Crippen molar-refractivity contribution in [3.63, 3.8) is 0 Å². The van der Waals surface area contributed by atoms with Gasteiger partial charge < -0.3 is 15.0 Å². The number of methoxy groups -OCH3 is 1. The lowest BCUT2D eigenvalue weighted by atomic mass is 9.65. The summed E-state index contributed by atoms with van der Waals surface area (Å²) in [7, 11) is 1.70. The van der Waals surface area contributed by atoms with Crippen LogP contribution in [0.5, 0.6) is 5.75 Å². The second-order valence-corrected chi connectivity index (χ2v) is 12.3. The third kappa shape index (κ3) is 5.77. The summed E-state index contributed by atoms with van der Waals surface area (Å²) in [6, 6.07) is 30.8. The molecule has 206 valence electrons. The van der Waals surface area contributed by atoms with E-state index >= 15 is 0 Å². The van der Waals surface area contributed by atoms with Crippen molar-refractivity contribution in [2.75, 3.05) is 20.2 Å². The first kappa shape index (κ1) is 27.5. The van der Waals surface area contributed by atoms with Crippen LogP contribution in [0.4, 0.5) is 0 Å². The van der Waals surface area contributed by atoms with Gasteiger partial charge in [0.25, 0.3) is 0 Å². The molecule has 3 aromatic carbocycles. The molecule has 5 rings (SSSR count). The summed E-state index contributed by atoms with van der Waals surface area (Å²) >= 11 is 0. The molecule has 0 radical (unpaired) electrons. The lowest BCUT2D eigenvalue weighted by Crippen LogP contribution is -2.52. The van der Waals surface area contributed by atoms with Crippen LogP contribution < -0.4 is 10.1 Å². The molecule has 1 aliphatic carbocycles. The first-order chi connectivity index (χ1) is 18.8. The van der Waals surface area contributed by atoms with Crippen molar-refractivity contribution < 1.29 is 9.53 Å². The Labute approximate surface area is 234 Å². The molecular weight excluding hydrogens is 480 g/mol. The summed E-state index contributed by atoms with van der Waals surface area (Å²) in [5.41, 5.74) is 3.91. The second-order valence-electron chi connectivity index (χ2n) is 12.3. The van der Waals surface area contributed by atoms with Gasteiger partial charge in [-0.15, -0.1) is 0 Å². The molecule has 3 atom stereocenters. The molecule has 0 unspecified atom stereocenters. The van der Waals surface area contributed by atoms with Crippen LogP contribution in [0.1, 0.15) is 75.6 Å². The Morgan fingerprint density at radius 3 is 1.95 bits per heavy atom. The number of rotatable bonds is 7. The van der Waals surface area contributed by atoms with Crippen molar-refractivity contribution >= 4 is 5.91 Å². The van der Waals surface area contributed by atoms with Crippen LogP contribution >= 0.6 is 0 Å². The third-order valence-corrected chi connectivity index (χ3v) is 9.50. The standard InChI is InChI=1S/C35H44N2O2/c1-26(27-15-18-31(39-4)19-16-27)36-30-17-20-32(34(2,3)25-30)33(38)37-23-21-35(22-24-37,28-11-7-5-8-12-28)29-13-9-6-10-14-29/h5-16,18-19,26,30,32,36H,17,20-25H2,1-4H3/t26-,30-,32+/m1/s1. The van der Waals surface area contributed by atoms with E-state index in [9.17, 15) is 4.79 Å². The highest BCUT2D eigenvalue weighted by atomic mass is 16.5. The first-order valence-electron chi connectivity index (χ1n) is 14.6. The van der Waals surface area contributed by atoms with E-state index in [1.807, 2.05) is 12.1 Å². The molecule has 2 aliphatic rings. The minimum absolute atomic E-state index is 0.0337. The summed E-state index contributed by atoms with van der Waals surface area (Å²) in [6.07, 6.45) is 4.91. The molecule has 1 saturated carbocycles. The Morgan fingerprint density at radius 1 is 0.872 bits per heavy atom. The third-order valence-electron chi connectivity index (χ3n) is 9.50. The van der Waals surface area contributed by atoms with Crippen molar-refractivity contribution in [2.24, 2.45) is 11.3 Å². The maximum atomic E-state index is 14.0. The number of benzene rings is 3. The summed E-state index contributed by atoms with van der Waals surface area (Å²) in [5.74, 6) is 1.32. The number of hydrogen-bond donors (Lipinski definition) is 1. The number of ether oxygens (including phenoxy) is 1. The van der Waals surface area contributed by atoms with Crippen LogP contribution in [0.25, 0.3) is 0 Å². The summed E-state index contributed by atoms with van der Waals surface area (Å²) in [5, 5.41) is 3.85. The Hall–Kier alpha value is -3.11. The van der Waals surface area contributed by atoms with Gasteiger partial charge in [-0.3, -0.25) is 4.79 Å². The first-order valence-corrected chi connectivity index (χ1v) is 14.6. The van der Waals surface area contributed by atoms with Crippen LogP contribution in [0.15, 0.2) is 84.9 Å². The van der Waals surface area contributed by atoms with Crippen LogP contribution in [0, 0.1) is 11.3 Å². The number of carbonyl (C=O) groups excluding carboxylic acids is 1. The van der Waals surface area contributed by atoms with E-state index in [4.69, 9.17) is 4.74 Å². The molecule has 0 bridgehead atoms. The minimum Gasteiger partial charge on any atom is -0.497 e. The smallest absolute Gasteiger partial charge is 0.226 e. The predicted octanol–water partition coefficient (Wildman–Crippen LogP) is 7.15.